The van der Waals surface area contributed by atoms with E-state index in [9.17, 15) is 0 Å². The van der Waals surface area contributed by atoms with E-state index in [1.807, 2.05) is 6.07 Å². The second-order valence-electron chi connectivity index (χ2n) is 5.72. The van der Waals surface area contributed by atoms with Crippen LogP contribution in [0.5, 0.6) is 11.5 Å². The number of methoxy groups -OCH3 is 2. The Bertz CT molecular complexity index is 612. The molecule has 5 nitrogen and oxygen atoms in total. The molecule has 2 rings (SSSR count). The molecule has 0 saturated carbocycles. The lowest BCUT2D eigenvalue weighted by atomic mass is 9.85. The minimum Gasteiger partial charge on any atom is -0.493 e. The Morgan fingerprint density at radius 1 is 1.10 bits per heavy atom. The van der Waals surface area contributed by atoms with Gasteiger partial charge in [0.25, 0.3) is 0 Å². The van der Waals surface area contributed by atoms with Crippen molar-refractivity contribution in [1.82, 2.24) is 10.2 Å². The maximum Gasteiger partial charge on any atom is 0.170 e. The number of aromatic nitrogens is 2. The summed E-state index contributed by atoms with van der Waals surface area (Å²) in [7, 11) is 3.26. The number of H-pyrrole nitrogens is 1. The highest BCUT2D eigenvalue weighted by molar-refractivity contribution is 5.74. The van der Waals surface area contributed by atoms with Crippen LogP contribution in [0.1, 0.15) is 26.3 Å². The summed E-state index contributed by atoms with van der Waals surface area (Å²) in [6.07, 6.45) is 0. The molecule has 0 fully saturated rings. The second kappa shape index (κ2) is 5.07. The number of nitrogens with zero attached hydrogens (tertiary/aromatic N) is 1. The van der Waals surface area contributed by atoms with Gasteiger partial charge in [0.2, 0.25) is 0 Å². The van der Waals surface area contributed by atoms with E-state index < -0.39 is 0 Å². The summed E-state index contributed by atoms with van der Waals surface area (Å²) in [5.74, 6) is 1.81. The van der Waals surface area contributed by atoms with E-state index >= 15 is 0 Å². The number of hydrogen-bond acceptors (Lipinski definition) is 4. The third-order valence-corrected chi connectivity index (χ3v) is 3.23. The van der Waals surface area contributed by atoms with Crippen LogP contribution in [-0.2, 0) is 5.41 Å². The molecular weight excluding hydrogens is 254 g/mol. The fourth-order valence-electron chi connectivity index (χ4n) is 2.07. The summed E-state index contributed by atoms with van der Waals surface area (Å²) >= 11 is 0. The Morgan fingerprint density at radius 3 is 2.25 bits per heavy atom. The van der Waals surface area contributed by atoms with Crippen molar-refractivity contribution in [3.8, 4) is 22.8 Å². The minimum absolute atomic E-state index is 0.000131. The highest BCUT2D eigenvalue weighted by Gasteiger charge is 2.21. The second-order valence-corrected chi connectivity index (χ2v) is 5.72. The SMILES string of the molecule is COc1cc(C(C)(C)C)cc(-c2cc(N)n[nH]2)c1OC. The van der Waals surface area contributed by atoms with E-state index in [2.05, 4.69) is 37.0 Å². The molecule has 1 aromatic heterocycles. The van der Waals surface area contributed by atoms with Crippen LogP contribution >= 0.6 is 0 Å². The fourth-order valence-corrected chi connectivity index (χ4v) is 2.07. The van der Waals surface area contributed by atoms with Crippen molar-refractivity contribution in [1.29, 1.82) is 0 Å². The Labute approximate surface area is 119 Å². The number of nitrogen functional groups attached to an aromatic ring is 1. The highest BCUT2D eigenvalue weighted by atomic mass is 16.5. The maximum absolute atomic E-state index is 5.69. The van der Waals surface area contributed by atoms with E-state index in [-0.39, 0.29) is 5.41 Å². The summed E-state index contributed by atoms with van der Waals surface area (Å²) in [4.78, 5) is 0. The van der Waals surface area contributed by atoms with Crippen molar-refractivity contribution < 1.29 is 9.47 Å². The lowest BCUT2D eigenvalue weighted by molar-refractivity contribution is 0.354. The predicted molar refractivity (Wildman–Crippen MR) is 80.2 cm³/mol. The number of rotatable bonds is 3. The molecule has 0 saturated heterocycles. The molecule has 0 aliphatic rings. The van der Waals surface area contributed by atoms with E-state index in [0.29, 0.717) is 17.3 Å². The Morgan fingerprint density at radius 2 is 1.80 bits per heavy atom. The van der Waals surface area contributed by atoms with Gasteiger partial charge in [-0.1, -0.05) is 20.8 Å². The molecule has 1 heterocycles. The quantitative estimate of drug-likeness (QED) is 0.903. The van der Waals surface area contributed by atoms with Crippen molar-refractivity contribution in [2.45, 2.75) is 26.2 Å². The van der Waals surface area contributed by atoms with Gasteiger partial charge in [-0.05, 0) is 23.1 Å². The zero-order valence-electron chi connectivity index (χ0n) is 12.6. The van der Waals surface area contributed by atoms with Crippen molar-refractivity contribution in [2.75, 3.05) is 20.0 Å². The van der Waals surface area contributed by atoms with Crippen LogP contribution in [0.3, 0.4) is 0 Å². The van der Waals surface area contributed by atoms with E-state index in [0.717, 1.165) is 16.8 Å². The van der Waals surface area contributed by atoms with Gasteiger partial charge in [0.15, 0.2) is 11.5 Å². The molecule has 0 spiro atoms. The smallest absolute Gasteiger partial charge is 0.170 e. The fraction of sp³-hybridized carbons (Fsp3) is 0.400. The lowest BCUT2D eigenvalue weighted by Gasteiger charge is -2.22. The molecule has 108 valence electrons. The van der Waals surface area contributed by atoms with E-state index in [1.165, 1.54) is 0 Å². The number of nitrogens with two attached hydrogens (primary N) is 1. The normalized spacial score (nSPS) is 11.4. The molecule has 5 heteroatoms. The number of aromatic amines is 1. The van der Waals surface area contributed by atoms with Gasteiger partial charge in [0, 0.05) is 11.6 Å². The Balaban J connectivity index is 2.69. The summed E-state index contributed by atoms with van der Waals surface area (Å²) < 4.78 is 10.9. The topological polar surface area (TPSA) is 73.2 Å². The van der Waals surface area contributed by atoms with Crippen molar-refractivity contribution in [3.05, 3.63) is 23.8 Å². The average molecular weight is 275 g/mol. The summed E-state index contributed by atoms with van der Waals surface area (Å²) in [6.45, 7) is 6.46. The van der Waals surface area contributed by atoms with Crippen LogP contribution in [0.15, 0.2) is 18.2 Å². The van der Waals surface area contributed by atoms with Crippen molar-refractivity contribution >= 4 is 5.82 Å². The molecule has 0 amide bonds. The van der Waals surface area contributed by atoms with Crippen molar-refractivity contribution in [2.24, 2.45) is 0 Å². The Kier molecular flexibility index (Phi) is 3.61. The predicted octanol–water partition coefficient (Wildman–Crippen LogP) is 2.97. The molecule has 1 aromatic carbocycles. The number of benzene rings is 1. The molecule has 0 radical (unpaired) electrons. The first kappa shape index (κ1) is 14.2. The summed E-state index contributed by atoms with van der Waals surface area (Å²) in [5.41, 5.74) is 8.54. The van der Waals surface area contributed by atoms with Gasteiger partial charge in [-0.2, -0.15) is 5.10 Å². The van der Waals surface area contributed by atoms with Gasteiger partial charge in [-0.25, -0.2) is 0 Å². The molecule has 0 bridgehead atoms. The number of anilines is 1. The largest absolute Gasteiger partial charge is 0.493 e. The van der Waals surface area contributed by atoms with Gasteiger partial charge in [0.1, 0.15) is 5.82 Å². The van der Waals surface area contributed by atoms with Crippen LogP contribution in [0.2, 0.25) is 0 Å². The third-order valence-electron chi connectivity index (χ3n) is 3.23. The van der Waals surface area contributed by atoms with Crippen molar-refractivity contribution in [3.63, 3.8) is 0 Å². The van der Waals surface area contributed by atoms with E-state index in [4.69, 9.17) is 15.2 Å². The molecule has 3 N–H and O–H groups in total. The first-order valence-electron chi connectivity index (χ1n) is 6.44. The van der Waals surface area contributed by atoms with Gasteiger partial charge >= 0.3 is 0 Å². The van der Waals surface area contributed by atoms with Gasteiger partial charge in [-0.15, -0.1) is 0 Å². The average Bonchev–Trinajstić information content (AvgIpc) is 2.82. The molecule has 0 aliphatic carbocycles. The molecule has 0 unspecified atom stereocenters. The van der Waals surface area contributed by atoms with Gasteiger partial charge in [-0.3, -0.25) is 5.10 Å². The first-order chi connectivity index (χ1) is 9.36. The number of nitrogens with one attached hydrogen (secondary N) is 1. The van der Waals surface area contributed by atoms with Crippen LogP contribution in [0.25, 0.3) is 11.3 Å². The molecule has 20 heavy (non-hydrogen) atoms. The first-order valence-corrected chi connectivity index (χ1v) is 6.44. The van der Waals surface area contributed by atoms with Crippen LogP contribution in [-0.4, -0.2) is 24.4 Å². The molecule has 0 aliphatic heterocycles. The van der Waals surface area contributed by atoms with Gasteiger partial charge < -0.3 is 15.2 Å². The maximum atomic E-state index is 5.69. The highest BCUT2D eigenvalue weighted by Crippen LogP contribution is 2.41. The summed E-state index contributed by atoms with van der Waals surface area (Å²) in [6, 6.07) is 5.86. The standard InChI is InChI=1S/C15H21N3O2/c1-15(2,3)9-6-10(11-8-13(16)18-17-11)14(20-5)12(7-9)19-4/h6-8H,1-5H3,(H3,16,17,18). The third kappa shape index (κ3) is 2.57. The summed E-state index contributed by atoms with van der Waals surface area (Å²) in [5, 5.41) is 6.89. The van der Waals surface area contributed by atoms with Gasteiger partial charge in [0.05, 0.1) is 19.9 Å². The zero-order chi connectivity index (χ0) is 14.9. The van der Waals surface area contributed by atoms with Crippen LogP contribution in [0.4, 0.5) is 5.82 Å². The number of ether oxygens (including phenoxy) is 2. The molecule has 2 aromatic rings. The molecular formula is C15H21N3O2. The van der Waals surface area contributed by atoms with E-state index in [1.54, 1.807) is 20.3 Å². The van der Waals surface area contributed by atoms with Crippen LogP contribution in [0, 0.1) is 0 Å². The zero-order valence-corrected chi connectivity index (χ0v) is 12.6. The number of hydrogen-bond donors (Lipinski definition) is 2. The molecule has 0 atom stereocenters. The Hall–Kier alpha value is -2.17. The minimum atomic E-state index is -0.000131. The van der Waals surface area contributed by atoms with Crippen LogP contribution < -0.4 is 15.2 Å². The lowest BCUT2D eigenvalue weighted by Crippen LogP contribution is -2.12. The monoisotopic (exact) mass is 275 g/mol.